The van der Waals surface area contributed by atoms with Gasteiger partial charge >= 0.3 is 0 Å². The standard InChI is InChI=1S/C10H16N2O2/c1-2-8-9(14-12-10(8)11)5-7-3-4-13-6-7/h7H,2-6H2,1H3,(H2,11,12). The van der Waals surface area contributed by atoms with Gasteiger partial charge in [-0.05, 0) is 18.8 Å². The Hall–Kier alpha value is -1.03. The largest absolute Gasteiger partial charge is 0.381 e. The van der Waals surface area contributed by atoms with Gasteiger partial charge < -0.3 is 15.0 Å². The molecule has 4 nitrogen and oxygen atoms in total. The van der Waals surface area contributed by atoms with Gasteiger partial charge in [0, 0.05) is 25.2 Å². The molecule has 1 aliphatic heterocycles. The molecule has 2 rings (SSSR count). The molecule has 2 N–H and O–H groups in total. The molecule has 1 unspecified atom stereocenters. The lowest BCUT2D eigenvalue weighted by atomic mass is 10.0. The van der Waals surface area contributed by atoms with Crippen molar-refractivity contribution in [1.29, 1.82) is 0 Å². The summed E-state index contributed by atoms with van der Waals surface area (Å²) < 4.78 is 10.5. The minimum absolute atomic E-state index is 0.543. The van der Waals surface area contributed by atoms with Crippen LogP contribution in [0.4, 0.5) is 5.82 Å². The summed E-state index contributed by atoms with van der Waals surface area (Å²) >= 11 is 0. The van der Waals surface area contributed by atoms with Crippen LogP contribution < -0.4 is 5.73 Å². The highest BCUT2D eigenvalue weighted by Gasteiger charge is 2.21. The molecule has 1 aliphatic rings. The number of ether oxygens (including phenoxy) is 1. The Kier molecular flexibility index (Phi) is 2.72. The fourth-order valence-corrected chi connectivity index (χ4v) is 1.90. The van der Waals surface area contributed by atoms with Gasteiger partial charge in [-0.2, -0.15) is 0 Å². The highest BCUT2D eigenvalue weighted by Crippen LogP contribution is 2.23. The van der Waals surface area contributed by atoms with Crippen LogP contribution in [0.5, 0.6) is 0 Å². The van der Waals surface area contributed by atoms with Crippen molar-refractivity contribution in [3.63, 3.8) is 0 Å². The second kappa shape index (κ2) is 4.00. The van der Waals surface area contributed by atoms with E-state index in [-0.39, 0.29) is 0 Å². The monoisotopic (exact) mass is 196 g/mol. The number of rotatable bonds is 3. The summed E-state index contributed by atoms with van der Waals surface area (Å²) in [6.45, 7) is 3.77. The first kappa shape index (κ1) is 9.52. The molecule has 1 aromatic rings. The van der Waals surface area contributed by atoms with E-state index in [0.29, 0.717) is 11.7 Å². The molecule has 0 amide bonds. The van der Waals surface area contributed by atoms with E-state index in [4.69, 9.17) is 15.0 Å². The average molecular weight is 196 g/mol. The van der Waals surface area contributed by atoms with Gasteiger partial charge in [-0.3, -0.25) is 0 Å². The predicted molar refractivity (Wildman–Crippen MR) is 52.9 cm³/mol. The molecular weight excluding hydrogens is 180 g/mol. The minimum Gasteiger partial charge on any atom is -0.381 e. The van der Waals surface area contributed by atoms with Crippen molar-refractivity contribution in [2.45, 2.75) is 26.2 Å². The molecule has 2 heterocycles. The van der Waals surface area contributed by atoms with Crippen LogP contribution in [0, 0.1) is 5.92 Å². The van der Waals surface area contributed by atoms with Gasteiger partial charge in [-0.15, -0.1) is 0 Å². The van der Waals surface area contributed by atoms with Gasteiger partial charge in [0.15, 0.2) is 5.82 Å². The molecule has 1 aromatic heterocycles. The number of hydrogen-bond donors (Lipinski definition) is 1. The number of nitrogens with two attached hydrogens (primary N) is 1. The molecule has 78 valence electrons. The number of nitrogens with zero attached hydrogens (tertiary/aromatic N) is 1. The van der Waals surface area contributed by atoms with Gasteiger partial charge in [0.25, 0.3) is 0 Å². The molecule has 0 aliphatic carbocycles. The fourth-order valence-electron chi connectivity index (χ4n) is 1.90. The van der Waals surface area contributed by atoms with Crippen molar-refractivity contribution in [1.82, 2.24) is 5.16 Å². The third-order valence-corrected chi connectivity index (χ3v) is 2.75. The SMILES string of the molecule is CCc1c(N)noc1CC1CCOC1. The Bertz CT molecular complexity index is 303. The van der Waals surface area contributed by atoms with Gasteiger partial charge in [0.2, 0.25) is 0 Å². The maximum atomic E-state index is 5.69. The molecule has 14 heavy (non-hydrogen) atoms. The van der Waals surface area contributed by atoms with Crippen LogP contribution in [0.3, 0.4) is 0 Å². The lowest BCUT2D eigenvalue weighted by molar-refractivity contribution is 0.184. The number of aromatic nitrogens is 1. The van der Waals surface area contributed by atoms with Gasteiger partial charge in [-0.1, -0.05) is 12.1 Å². The first-order valence-electron chi connectivity index (χ1n) is 5.12. The molecular formula is C10H16N2O2. The lowest BCUT2D eigenvalue weighted by Crippen LogP contribution is -2.04. The van der Waals surface area contributed by atoms with Gasteiger partial charge in [0.05, 0.1) is 0 Å². The van der Waals surface area contributed by atoms with Crippen molar-refractivity contribution >= 4 is 5.82 Å². The van der Waals surface area contributed by atoms with E-state index >= 15 is 0 Å². The summed E-state index contributed by atoms with van der Waals surface area (Å²) in [5.74, 6) is 2.06. The van der Waals surface area contributed by atoms with Gasteiger partial charge in [0.1, 0.15) is 5.76 Å². The van der Waals surface area contributed by atoms with Crippen LogP contribution in [0.15, 0.2) is 4.52 Å². The highest BCUT2D eigenvalue weighted by molar-refractivity contribution is 5.40. The Labute approximate surface area is 83.4 Å². The van der Waals surface area contributed by atoms with Gasteiger partial charge in [-0.25, -0.2) is 0 Å². The second-order valence-electron chi connectivity index (χ2n) is 3.76. The fraction of sp³-hybridized carbons (Fsp3) is 0.700. The molecule has 1 atom stereocenters. The van der Waals surface area contributed by atoms with Crippen molar-refractivity contribution in [2.75, 3.05) is 18.9 Å². The normalized spacial score (nSPS) is 21.6. The van der Waals surface area contributed by atoms with Crippen LogP contribution in [0.25, 0.3) is 0 Å². The molecule has 0 spiro atoms. The first-order chi connectivity index (χ1) is 6.81. The Morgan fingerprint density at radius 3 is 3.07 bits per heavy atom. The van der Waals surface area contributed by atoms with E-state index in [1.807, 2.05) is 0 Å². The Morgan fingerprint density at radius 2 is 2.43 bits per heavy atom. The number of hydrogen-bond acceptors (Lipinski definition) is 4. The predicted octanol–water partition coefficient (Wildman–Crippen LogP) is 1.40. The quantitative estimate of drug-likeness (QED) is 0.793. The summed E-state index contributed by atoms with van der Waals surface area (Å²) in [5, 5.41) is 3.79. The third-order valence-electron chi connectivity index (χ3n) is 2.75. The highest BCUT2D eigenvalue weighted by atomic mass is 16.5. The van der Waals surface area contributed by atoms with E-state index in [1.54, 1.807) is 0 Å². The van der Waals surface area contributed by atoms with E-state index in [0.717, 1.165) is 43.8 Å². The summed E-state index contributed by atoms with van der Waals surface area (Å²) in [7, 11) is 0. The molecule has 0 bridgehead atoms. The Balaban J connectivity index is 2.07. The molecule has 0 saturated carbocycles. The molecule has 0 aromatic carbocycles. The second-order valence-corrected chi connectivity index (χ2v) is 3.76. The van der Waals surface area contributed by atoms with Crippen molar-refractivity contribution in [3.8, 4) is 0 Å². The topological polar surface area (TPSA) is 61.3 Å². The third kappa shape index (κ3) is 1.75. The zero-order chi connectivity index (χ0) is 9.97. The summed E-state index contributed by atoms with van der Waals surface area (Å²) in [6.07, 6.45) is 2.91. The molecule has 4 heteroatoms. The zero-order valence-corrected chi connectivity index (χ0v) is 8.45. The summed E-state index contributed by atoms with van der Waals surface area (Å²) in [6, 6.07) is 0. The van der Waals surface area contributed by atoms with E-state index in [2.05, 4.69) is 12.1 Å². The summed E-state index contributed by atoms with van der Waals surface area (Å²) in [4.78, 5) is 0. The minimum atomic E-state index is 0.543. The average Bonchev–Trinajstić information content (AvgIpc) is 2.77. The van der Waals surface area contributed by atoms with Crippen LogP contribution in [0.2, 0.25) is 0 Å². The van der Waals surface area contributed by atoms with Crippen molar-refractivity contribution in [2.24, 2.45) is 5.92 Å². The zero-order valence-electron chi connectivity index (χ0n) is 8.45. The van der Waals surface area contributed by atoms with Crippen LogP contribution in [-0.4, -0.2) is 18.4 Å². The smallest absolute Gasteiger partial charge is 0.170 e. The number of anilines is 1. The summed E-state index contributed by atoms with van der Waals surface area (Å²) in [5.41, 5.74) is 6.76. The molecule has 1 fully saturated rings. The lowest BCUT2D eigenvalue weighted by Gasteiger charge is -2.04. The maximum absolute atomic E-state index is 5.69. The molecule has 1 saturated heterocycles. The van der Waals surface area contributed by atoms with E-state index in [1.165, 1.54) is 0 Å². The van der Waals surface area contributed by atoms with Crippen LogP contribution in [0.1, 0.15) is 24.7 Å². The maximum Gasteiger partial charge on any atom is 0.170 e. The van der Waals surface area contributed by atoms with E-state index in [9.17, 15) is 0 Å². The van der Waals surface area contributed by atoms with Crippen LogP contribution >= 0.6 is 0 Å². The van der Waals surface area contributed by atoms with Crippen LogP contribution in [-0.2, 0) is 17.6 Å². The van der Waals surface area contributed by atoms with E-state index < -0.39 is 0 Å². The number of nitrogen functional groups attached to an aromatic ring is 1. The van der Waals surface area contributed by atoms with Crippen molar-refractivity contribution < 1.29 is 9.26 Å². The Morgan fingerprint density at radius 1 is 1.57 bits per heavy atom. The first-order valence-corrected chi connectivity index (χ1v) is 5.12. The van der Waals surface area contributed by atoms with Crippen molar-refractivity contribution in [3.05, 3.63) is 11.3 Å². The molecule has 0 radical (unpaired) electrons.